The molecule has 2 rings (SSSR count). The van der Waals surface area contributed by atoms with Crippen molar-refractivity contribution in [3.8, 4) is 0 Å². The van der Waals surface area contributed by atoms with Gasteiger partial charge in [0.05, 0.1) is 36.0 Å². The first-order valence-corrected chi connectivity index (χ1v) is 10.5. The van der Waals surface area contributed by atoms with Crippen LogP contribution in [-0.4, -0.2) is 42.8 Å². The number of rotatable bonds is 11. The smallest absolute Gasteiger partial charge is 0.146 e. The van der Waals surface area contributed by atoms with Crippen LogP contribution in [0.25, 0.3) is 0 Å². The summed E-state index contributed by atoms with van der Waals surface area (Å²) < 4.78 is 5.81. The molecule has 0 radical (unpaired) electrons. The molecule has 0 heterocycles. The first kappa shape index (κ1) is 22.7. The Kier molecular flexibility index (Phi) is 8.93. The number of likely N-dealkylation sites (N-methyl/N-ethyl adjacent to an activating group) is 1. The van der Waals surface area contributed by atoms with Crippen molar-refractivity contribution in [3.05, 3.63) is 47.4 Å². The van der Waals surface area contributed by atoms with E-state index in [1.165, 1.54) is 12.8 Å². The molecule has 4 N–H and O–H groups in total. The molecule has 0 fully saturated rings. The standard InChI is InChI=1S/C23H34N4O2/c1-4-6-7-8-13-29-23-16-22(19(24)15-20(23)25)26-21-10-9-18(14-17(21)3)27(5-2)11-12-28/h9-10,14-16,25,28H,4-8,11-13,24H2,1-3H3. The SMILES string of the molecule is CCCCCCOC1=CC(=Nc2ccc(N(CC)CCO)cc2C)C(N)=CC1=N. The van der Waals surface area contributed by atoms with E-state index in [1.807, 2.05) is 19.1 Å². The number of anilines is 1. The number of nitrogens with one attached hydrogen (secondary N) is 1. The van der Waals surface area contributed by atoms with Crippen molar-refractivity contribution < 1.29 is 9.84 Å². The number of hydrogen-bond donors (Lipinski definition) is 3. The van der Waals surface area contributed by atoms with E-state index in [1.54, 1.807) is 12.2 Å². The number of aliphatic imine (C=N–C) groups is 1. The molecule has 158 valence electrons. The van der Waals surface area contributed by atoms with Crippen molar-refractivity contribution in [1.29, 1.82) is 5.41 Å². The summed E-state index contributed by atoms with van der Waals surface area (Å²) in [4.78, 5) is 6.83. The molecule has 0 atom stereocenters. The topological polar surface area (TPSA) is 94.9 Å². The van der Waals surface area contributed by atoms with Gasteiger partial charge in [0.2, 0.25) is 0 Å². The quantitative estimate of drug-likeness (QED) is 0.384. The molecule has 1 aromatic rings. The minimum atomic E-state index is 0.121. The maximum absolute atomic E-state index is 9.23. The second kappa shape index (κ2) is 11.4. The molecule has 1 aromatic carbocycles. The van der Waals surface area contributed by atoms with Crippen LogP contribution < -0.4 is 10.6 Å². The highest BCUT2D eigenvalue weighted by Gasteiger charge is 2.16. The zero-order valence-corrected chi connectivity index (χ0v) is 17.9. The third-order valence-electron chi connectivity index (χ3n) is 4.92. The Morgan fingerprint density at radius 1 is 1.17 bits per heavy atom. The van der Waals surface area contributed by atoms with Gasteiger partial charge in [0, 0.05) is 24.9 Å². The lowest BCUT2D eigenvalue weighted by Crippen LogP contribution is -2.26. The van der Waals surface area contributed by atoms with E-state index in [4.69, 9.17) is 20.9 Å². The molecule has 0 spiro atoms. The van der Waals surface area contributed by atoms with Crippen molar-refractivity contribution in [2.75, 3.05) is 31.2 Å². The van der Waals surface area contributed by atoms with Crippen molar-refractivity contribution >= 4 is 22.8 Å². The molecule has 0 saturated heterocycles. The Labute approximate surface area is 174 Å². The molecule has 0 saturated carbocycles. The number of hydrogen-bond acceptors (Lipinski definition) is 6. The molecular formula is C23H34N4O2. The van der Waals surface area contributed by atoms with Crippen LogP contribution in [-0.2, 0) is 4.74 Å². The number of ether oxygens (including phenoxy) is 1. The molecule has 1 aliphatic rings. The maximum Gasteiger partial charge on any atom is 0.146 e. The van der Waals surface area contributed by atoms with Crippen LogP contribution in [0.15, 0.2) is 46.8 Å². The van der Waals surface area contributed by atoms with Crippen LogP contribution >= 0.6 is 0 Å². The number of aliphatic hydroxyl groups excluding tert-OH is 1. The summed E-state index contributed by atoms with van der Waals surface area (Å²) in [6, 6.07) is 6.04. The maximum atomic E-state index is 9.23. The zero-order valence-electron chi connectivity index (χ0n) is 17.9. The fraction of sp³-hybridized carbons (Fsp3) is 0.478. The molecule has 1 aliphatic carbocycles. The second-order valence-corrected chi connectivity index (χ2v) is 7.20. The third kappa shape index (κ3) is 6.46. The van der Waals surface area contributed by atoms with Gasteiger partial charge in [-0.15, -0.1) is 0 Å². The summed E-state index contributed by atoms with van der Waals surface area (Å²) in [5, 5.41) is 17.3. The fourth-order valence-corrected chi connectivity index (χ4v) is 3.20. The van der Waals surface area contributed by atoms with Crippen molar-refractivity contribution in [2.45, 2.75) is 46.5 Å². The van der Waals surface area contributed by atoms with Gasteiger partial charge in [0.1, 0.15) is 5.76 Å². The van der Waals surface area contributed by atoms with Gasteiger partial charge in [0.15, 0.2) is 0 Å². The van der Waals surface area contributed by atoms with E-state index in [2.05, 4.69) is 24.8 Å². The third-order valence-corrected chi connectivity index (χ3v) is 4.92. The summed E-state index contributed by atoms with van der Waals surface area (Å²) in [7, 11) is 0. The van der Waals surface area contributed by atoms with Crippen LogP contribution in [0.2, 0.25) is 0 Å². The molecule has 0 aromatic heterocycles. The number of allylic oxidation sites excluding steroid dienone is 2. The van der Waals surface area contributed by atoms with E-state index in [0.29, 0.717) is 30.3 Å². The van der Waals surface area contributed by atoms with E-state index in [0.717, 1.165) is 36.3 Å². The largest absolute Gasteiger partial charge is 0.491 e. The summed E-state index contributed by atoms with van der Waals surface area (Å²) in [5.74, 6) is 0.517. The molecular weight excluding hydrogens is 364 g/mol. The Hall–Kier alpha value is -2.60. The molecule has 29 heavy (non-hydrogen) atoms. The van der Waals surface area contributed by atoms with Crippen molar-refractivity contribution in [2.24, 2.45) is 10.7 Å². The normalized spacial score (nSPS) is 15.3. The first-order chi connectivity index (χ1) is 14.0. The summed E-state index contributed by atoms with van der Waals surface area (Å²) in [5.41, 5.74) is 10.4. The highest BCUT2D eigenvalue weighted by atomic mass is 16.5. The fourth-order valence-electron chi connectivity index (χ4n) is 3.20. The molecule has 0 unspecified atom stereocenters. The van der Waals surface area contributed by atoms with Gasteiger partial charge < -0.3 is 20.5 Å². The molecule has 0 amide bonds. The molecule has 6 heteroatoms. The van der Waals surface area contributed by atoms with Crippen molar-refractivity contribution in [1.82, 2.24) is 0 Å². The van der Waals surface area contributed by atoms with Gasteiger partial charge >= 0.3 is 0 Å². The van der Waals surface area contributed by atoms with E-state index < -0.39 is 0 Å². The predicted molar refractivity (Wildman–Crippen MR) is 121 cm³/mol. The minimum Gasteiger partial charge on any atom is -0.491 e. The molecule has 6 nitrogen and oxygen atoms in total. The average molecular weight is 399 g/mol. The molecule has 0 aliphatic heterocycles. The summed E-state index contributed by atoms with van der Waals surface area (Å²) in [6.07, 6.45) is 7.85. The van der Waals surface area contributed by atoms with Gasteiger partial charge in [-0.25, -0.2) is 4.99 Å². The Morgan fingerprint density at radius 3 is 2.62 bits per heavy atom. The van der Waals surface area contributed by atoms with Gasteiger partial charge in [-0.05, 0) is 50.1 Å². The van der Waals surface area contributed by atoms with E-state index in [-0.39, 0.29) is 12.3 Å². The van der Waals surface area contributed by atoms with Crippen LogP contribution in [0.5, 0.6) is 0 Å². The van der Waals surface area contributed by atoms with Gasteiger partial charge in [-0.1, -0.05) is 26.2 Å². The Balaban J connectivity index is 2.18. The highest BCUT2D eigenvalue weighted by molar-refractivity contribution is 6.22. The zero-order chi connectivity index (χ0) is 21.2. The number of aliphatic hydroxyl groups is 1. The number of unbranched alkanes of at least 4 members (excludes halogenated alkanes) is 3. The van der Waals surface area contributed by atoms with E-state index >= 15 is 0 Å². The summed E-state index contributed by atoms with van der Waals surface area (Å²) >= 11 is 0. The monoisotopic (exact) mass is 398 g/mol. The van der Waals surface area contributed by atoms with Crippen molar-refractivity contribution in [3.63, 3.8) is 0 Å². The average Bonchev–Trinajstić information content (AvgIpc) is 2.70. The number of benzene rings is 1. The minimum absolute atomic E-state index is 0.121. The number of nitrogens with two attached hydrogens (primary N) is 1. The van der Waals surface area contributed by atoms with Crippen LogP contribution in [0, 0.1) is 12.3 Å². The lowest BCUT2D eigenvalue weighted by molar-refractivity contribution is 0.223. The first-order valence-electron chi connectivity index (χ1n) is 10.5. The number of aryl methyl sites for hydroxylation is 1. The predicted octanol–water partition coefficient (Wildman–Crippen LogP) is 4.24. The Morgan fingerprint density at radius 2 is 1.97 bits per heavy atom. The highest BCUT2D eigenvalue weighted by Crippen LogP contribution is 2.26. The molecule has 0 bridgehead atoms. The van der Waals surface area contributed by atoms with Gasteiger partial charge in [-0.2, -0.15) is 0 Å². The lowest BCUT2D eigenvalue weighted by atomic mass is 10.1. The van der Waals surface area contributed by atoms with E-state index in [9.17, 15) is 5.11 Å². The van der Waals surface area contributed by atoms with Crippen LogP contribution in [0.3, 0.4) is 0 Å². The summed E-state index contributed by atoms with van der Waals surface area (Å²) in [6.45, 7) is 8.40. The Bertz CT molecular complexity index is 796. The lowest BCUT2D eigenvalue weighted by Gasteiger charge is -2.22. The van der Waals surface area contributed by atoms with Crippen LogP contribution in [0.4, 0.5) is 11.4 Å². The van der Waals surface area contributed by atoms with Gasteiger partial charge in [0.25, 0.3) is 0 Å². The number of nitrogens with zero attached hydrogens (tertiary/aromatic N) is 2. The van der Waals surface area contributed by atoms with Crippen LogP contribution in [0.1, 0.15) is 45.1 Å². The second-order valence-electron chi connectivity index (χ2n) is 7.20. The van der Waals surface area contributed by atoms with Gasteiger partial charge in [-0.3, -0.25) is 5.41 Å².